The largest absolute Gasteiger partial charge is 0.516 e. The Morgan fingerprint density at radius 3 is 2.19 bits per heavy atom. The molecule has 1 saturated heterocycles. The predicted octanol–water partition coefficient (Wildman–Crippen LogP) is 3.03. The fourth-order valence-electron chi connectivity index (χ4n) is 2.89. The van der Waals surface area contributed by atoms with Gasteiger partial charge in [-0.3, -0.25) is 0 Å². The van der Waals surface area contributed by atoms with Crippen molar-refractivity contribution in [2.45, 2.75) is 84.0 Å². The standard InChI is InChI=1S/C16H27BN2O2/c1-11(2)14-18-13(10-19(14)12-8-7-9-12)17-20-15(3,4)16(5,6)21-17/h10-12H,7-9H2,1-6H3. The molecule has 1 aliphatic carbocycles. The number of aromatic nitrogens is 2. The molecule has 5 heteroatoms. The molecule has 2 heterocycles. The summed E-state index contributed by atoms with van der Waals surface area (Å²) in [4.78, 5) is 4.84. The van der Waals surface area contributed by atoms with Crippen LogP contribution in [0.1, 0.15) is 78.6 Å². The summed E-state index contributed by atoms with van der Waals surface area (Å²) in [6.45, 7) is 12.7. The number of nitrogens with zero attached hydrogens (tertiary/aromatic N) is 2. The summed E-state index contributed by atoms with van der Waals surface area (Å²) >= 11 is 0. The highest BCUT2D eigenvalue weighted by Gasteiger charge is 2.52. The molecule has 0 unspecified atom stereocenters. The van der Waals surface area contributed by atoms with Gasteiger partial charge >= 0.3 is 7.12 Å². The molecule has 2 fully saturated rings. The van der Waals surface area contributed by atoms with Gasteiger partial charge in [-0.1, -0.05) is 13.8 Å². The molecule has 2 aliphatic rings. The van der Waals surface area contributed by atoms with E-state index in [2.05, 4.69) is 52.3 Å². The van der Waals surface area contributed by atoms with E-state index < -0.39 is 0 Å². The number of hydrogen-bond donors (Lipinski definition) is 0. The first-order valence-corrected chi connectivity index (χ1v) is 8.15. The molecule has 1 aromatic heterocycles. The second kappa shape index (κ2) is 4.85. The third-order valence-electron chi connectivity index (χ3n) is 5.26. The van der Waals surface area contributed by atoms with Crippen LogP contribution in [0.2, 0.25) is 0 Å². The Morgan fingerprint density at radius 2 is 1.76 bits per heavy atom. The maximum atomic E-state index is 6.13. The van der Waals surface area contributed by atoms with Crippen LogP contribution in [0.5, 0.6) is 0 Å². The molecule has 1 aliphatic heterocycles. The smallest absolute Gasteiger partial charge is 0.398 e. The molecule has 21 heavy (non-hydrogen) atoms. The molecule has 0 N–H and O–H groups in total. The van der Waals surface area contributed by atoms with E-state index in [9.17, 15) is 0 Å². The lowest BCUT2D eigenvalue weighted by Gasteiger charge is -2.32. The van der Waals surface area contributed by atoms with E-state index in [0.29, 0.717) is 12.0 Å². The van der Waals surface area contributed by atoms with Crippen molar-refractivity contribution in [1.29, 1.82) is 0 Å². The maximum Gasteiger partial charge on any atom is 0.516 e. The zero-order valence-electron chi connectivity index (χ0n) is 14.1. The lowest BCUT2D eigenvalue weighted by atomic mass is 9.85. The van der Waals surface area contributed by atoms with Crippen molar-refractivity contribution in [2.24, 2.45) is 0 Å². The molecule has 1 saturated carbocycles. The number of hydrogen-bond acceptors (Lipinski definition) is 3. The van der Waals surface area contributed by atoms with Crippen LogP contribution in [0.3, 0.4) is 0 Å². The molecule has 3 rings (SSSR count). The molecule has 116 valence electrons. The number of imidazole rings is 1. The monoisotopic (exact) mass is 290 g/mol. The van der Waals surface area contributed by atoms with Gasteiger partial charge in [-0.2, -0.15) is 0 Å². The van der Waals surface area contributed by atoms with Gasteiger partial charge in [0.05, 0.1) is 16.8 Å². The summed E-state index contributed by atoms with van der Waals surface area (Å²) in [5.41, 5.74) is 0.301. The Morgan fingerprint density at radius 1 is 1.19 bits per heavy atom. The van der Waals surface area contributed by atoms with Crippen molar-refractivity contribution in [2.75, 3.05) is 0 Å². The molecule has 0 radical (unpaired) electrons. The summed E-state index contributed by atoms with van der Waals surface area (Å²) in [6, 6.07) is 0.617. The fraction of sp³-hybridized carbons (Fsp3) is 0.812. The van der Waals surface area contributed by atoms with Gasteiger partial charge < -0.3 is 13.9 Å². The lowest BCUT2D eigenvalue weighted by molar-refractivity contribution is 0.00578. The zero-order valence-corrected chi connectivity index (χ0v) is 14.1. The van der Waals surface area contributed by atoms with Crippen LogP contribution < -0.4 is 5.59 Å². The van der Waals surface area contributed by atoms with Gasteiger partial charge in [0, 0.05) is 18.2 Å². The third kappa shape index (κ3) is 2.44. The Labute approximate surface area is 128 Å². The van der Waals surface area contributed by atoms with E-state index >= 15 is 0 Å². The van der Waals surface area contributed by atoms with Crippen LogP contribution in [-0.4, -0.2) is 27.9 Å². The van der Waals surface area contributed by atoms with E-state index in [1.54, 1.807) is 0 Å². The van der Waals surface area contributed by atoms with Gasteiger partial charge in [0.15, 0.2) is 0 Å². The van der Waals surface area contributed by atoms with Crippen LogP contribution in [0.25, 0.3) is 0 Å². The quantitative estimate of drug-likeness (QED) is 0.803. The van der Waals surface area contributed by atoms with Crippen molar-refractivity contribution in [3.8, 4) is 0 Å². The lowest BCUT2D eigenvalue weighted by Crippen LogP contribution is -2.41. The molecule has 0 amide bonds. The van der Waals surface area contributed by atoms with Gasteiger partial charge in [0.25, 0.3) is 0 Å². The molecule has 1 aromatic rings. The third-order valence-corrected chi connectivity index (χ3v) is 5.26. The van der Waals surface area contributed by atoms with E-state index in [0.717, 1.165) is 11.4 Å². The van der Waals surface area contributed by atoms with E-state index in [1.165, 1.54) is 19.3 Å². The highest BCUT2D eigenvalue weighted by atomic mass is 16.7. The second-order valence-electron chi connectivity index (χ2n) is 7.76. The van der Waals surface area contributed by atoms with Crippen LogP contribution in [0.15, 0.2) is 6.20 Å². The molecule has 4 nitrogen and oxygen atoms in total. The Bertz CT molecular complexity index is 516. The molecule has 0 atom stereocenters. The van der Waals surface area contributed by atoms with Crippen molar-refractivity contribution >= 4 is 12.7 Å². The highest BCUT2D eigenvalue weighted by molar-refractivity contribution is 6.61. The zero-order chi connectivity index (χ0) is 15.4. The van der Waals surface area contributed by atoms with Gasteiger partial charge in [-0.15, -0.1) is 0 Å². The summed E-state index contributed by atoms with van der Waals surface area (Å²) < 4.78 is 14.6. The second-order valence-corrected chi connectivity index (χ2v) is 7.76. The Kier molecular flexibility index (Phi) is 3.49. The minimum Gasteiger partial charge on any atom is -0.398 e. The molecule has 0 bridgehead atoms. The molecule has 0 aromatic carbocycles. The van der Waals surface area contributed by atoms with E-state index in [-0.39, 0.29) is 18.3 Å². The first kappa shape index (κ1) is 15.1. The summed E-state index contributed by atoms with van der Waals surface area (Å²) in [6.07, 6.45) is 6.01. The minimum absolute atomic E-state index is 0.310. The van der Waals surface area contributed by atoms with Crippen molar-refractivity contribution in [1.82, 2.24) is 9.55 Å². The van der Waals surface area contributed by atoms with Crippen molar-refractivity contribution in [3.05, 3.63) is 12.0 Å². The van der Waals surface area contributed by atoms with Gasteiger partial charge in [-0.05, 0) is 47.0 Å². The van der Waals surface area contributed by atoms with Gasteiger partial charge in [0.1, 0.15) is 5.82 Å². The Hall–Kier alpha value is -0.805. The van der Waals surface area contributed by atoms with E-state index in [4.69, 9.17) is 14.3 Å². The first-order chi connectivity index (χ1) is 9.71. The minimum atomic E-state index is -0.353. The fourth-order valence-corrected chi connectivity index (χ4v) is 2.89. The van der Waals surface area contributed by atoms with Crippen LogP contribution in [0.4, 0.5) is 0 Å². The summed E-state index contributed by atoms with van der Waals surface area (Å²) in [7, 11) is -0.353. The topological polar surface area (TPSA) is 36.3 Å². The summed E-state index contributed by atoms with van der Waals surface area (Å²) in [5, 5.41) is 0. The molecular weight excluding hydrogens is 263 g/mol. The first-order valence-electron chi connectivity index (χ1n) is 8.15. The van der Waals surface area contributed by atoms with Crippen LogP contribution in [0, 0.1) is 0 Å². The summed E-state index contributed by atoms with van der Waals surface area (Å²) in [5.74, 6) is 1.58. The van der Waals surface area contributed by atoms with Gasteiger partial charge in [0.2, 0.25) is 0 Å². The van der Waals surface area contributed by atoms with Crippen LogP contribution >= 0.6 is 0 Å². The highest BCUT2D eigenvalue weighted by Crippen LogP contribution is 2.37. The predicted molar refractivity (Wildman–Crippen MR) is 84.9 cm³/mol. The number of rotatable bonds is 3. The Balaban J connectivity index is 1.90. The molecule has 0 spiro atoms. The average molecular weight is 290 g/mol. The normalized spacial score (nSPS) is 24.6. The van der Waals surface area contributed by atoms with Crippen LogP contribution in [-0.2, 0) is 9.31 Å². The van der Waals surface area contributed by atoms with E-state index in [1.807, 2.05) is 0 Å². The van der Waals surface area contributed by atoms with Crippen molar-refractivity contribution < 1.29 is 9.31 Å². The molecular formula is C16H27BN2O2. The SMILES string of the molecule is CC(C)c1nc(B2OC(C)(C)C(C)(C)O2)cn1C1CCC1. The average Bonchev–Trinajstić information content (AvgIpc) is 2.77. The maximum absolute atomic E-state index is 6.13. The van der Waals surface area contributed by atoms with Gasteiger partial charge in [-0.25, -0.2) is 4.98 Å². The van der Waals surface area contributed by atoms with Crippen molar-refractivity contribution in [3.63, 3.8) is 0 Å².